The minimum Gasteiger partial charge on any atom is -0.455 e. The van der Waals surface area contributed by atoms with Crippen molar-refractivity contribution in [2.45, 2.75) is 0 Å². The fourth-order valence-corrected chi connectivity index (χ4v) is 8.13. The molecule has 0 atom stereocenters. The van der Waals surface area contributed by atoms with E-state index in [-0.39, 0.29) is 0 Å². The zero-order valence-corrected chi connectivity index (χ0v) is 27.6. The van der Waals surface area contributed by atoms with Gasteiger partial charge in [0, 0.05) is 53.2 Å². The molecule has 10 aromatic rings. The van der Waals surface area contributed by atoms with E-state index >= 15 is 0 Å². The molecule has 4 nitrogen and oxygen atoms in total. The van der Waals surface area contributed by atoms with Crippen molar-refractivity contribution in [1.29, 1.82) is 0 Å². The molecule has 0 aliphatic rings. The number of furan rings is 1. The summed E-state index contributed by atoms with van der Waals surface area (Å²) in [5.74, 6) is 1.97. The van der Waals surface area contributed by atoms with Crippen LogP contribution >= 0.6 is 11.3 Å². The number of thiophene rings is 1. The highest BCUT2D eigenvalue weighted by Crippen LogP contribution is 2.45. The lowest BCUT2D eigenvalue weighted by Gasteiger charge is -2.10. The van der Waals surface area contributed by atoms with Crippen LogP contribution in [-0.2, 0) is 0 Å². The first-order valence-electron chi connectivity index (χ1n) is 16.6. The minimum atomic E-state index is 0.655. The number of fused-ring (bicyclic) bond motifs is 6. The Hall–Kier alpha value is -6.43. The normalized spacial score (nSPS) is 11.6. The molecule has 7 aromatic carbocycles. The summed E-state index contributed by atoms with van der Waals surface area (Å²) in [7, 11) is 0. The molecule has 0 aliphatic carbocycles. The molecule has 0 N–H and O–H groups in total. The van der Waals surface area contributed by atoms with E-state index in [0.29, 0.717) is 17.5 Å². The lowest BCUT2D eigenvalue weighted by molar-refractivity contribution is 0.670. The van der Waals surface area contributed by atoms with E-state index in [0.717, 1.165) is 55.3 Å². The SMILES string of the molecule is c1ccc(-c2nc(-c3ccccc3)nc(-c3ccc4c(c3)sc3cccc(-c5cc(-c6ccccc6)c6oc7ccccc7c6c5)c34)n2)cc1. The van der Waals surface area contributed by atoms with Crippen molar-refractivity contribution in [3.8, 4) is 56.4 Å². The van der Waals surface area contributed by atoms with Gasteiger partial charge in [-0.1, -0.05) is 133 Å². The summed E-state index contributed by atoms with van der Waals surface area (Å²) in [5, 5.41) is 4.70. The molecule has 10 rings (SSSR count). The molecule has 0 radical (unpaired) electrons. The lowest BCUT2D eigenvalue weighted by atomic mass is 9.93. The number of aromatic nitrogens is 3. The van der Waals surface area contributed by atoms with Gasteiger partial charge < -0.3 is 4.42 Å². The van der Waals surface area contributed by atoms with Crippen molar-refractivity contribution < 1.29 is 4.42 Å². The average Bonchev–Trinajstić information content (AvgIpc) is 3.76. The van der Waals surface area contributed by atoms with E-state index in [9.17, 15) is 0 Å². The predicted octanol–water partition coefficient (Wildman–Crippen LogP) is 12.5. The zero-order chi connectivity index (χ0) is 33.0. The lowest BCUT2D eigenvalue weighted by Crippen LogP contribution is -1.99. The summed E-state index contributed by atoms with van der Waals surface area (Å²) in [6.07, 6.45) is 0. The molecular formula is C45H27N3OS. The van der Waals surface area contributed by atoms with E-state index in [1.807, 2.05) is 72.8 Å². The monoisotopic (exact) mass is 657 g/mol. The van der Waals surface area contributed by atoms with Gasteiger partial charge in [0.25, 0.3) is 0 Å². The first kappa shape index (κ1) is 28.6. The Morgan fingerprint density at radius 3 is 1.70 bits per heavy atom. The standard InChI is InChI=1S/C45H27N3OS/c1-4-13-28(14-5-1)36-25-32(26-37-34-19-10-11-21-38(34)49-42(36)37)33-20-12-22-39-41(33)35-24-23-31(27-40(35)50-39)45-47-43(29-15-6-2-7-16-29)46-44(48-45)30-17-8-3-9-18-30/h1-27H. The van der Waals surface area contributed by atoms with Gasteiger partial charge in [0.15, 0.2) is 17.5 Å². The van der Waals surface area contributed by atoms with Gasteiger partial charge in [0.2, 0.25) is 0 Å². The molecule has 5 heteroatoms. The molecule has 50 heavy (non-hydrogen) atoms. The summed E-state index contributed by atoms with van der Waals surface area (Å²) in [6, 6.07) is 56.8. The number of benzene rings is 7. The van der Waals surface area contributed by atoms with Crippen LogP contribution in [0.15, 0.2) is 168 Å². The van der Waals surface area contributed by atoms with E-state index in [2.05, 4.69) is 91.0 Å². The molecule has 0 saturated carbocycles. The third-order valence-electron chi connectivity index (χ3n) is 9.33. The minimum absolute atomic E-state index is 0.655. The Labute approximate surface area is 292 Å². The van der Waals surface area contributed by atoms with Gasteiger partial charge in [0.1, 0.15) is 11.2 Å². The molecule has 0 aliphatic heterocycles. The van der Waals surface area contributed by atoms with E-state index < -0.39 is 0 Å². The maximum absolute atomic E-state index is 6.49. The molecule has 234 valence electrons. The molecule has 0 saturated heterocycles. The summed E-state index contributed by atoms with van der Waals surface area (Å²) < 4.78 is 8.91. The highest BCUT2D eigenvalue weighted by molar-refractivity contribution is 7.26. The highest BCUT2D eigenvalue weighted by Gasteiger charge is 2.19. The van der Waals surface area contributed by atoms with Gasteiger partial charge in [-0.3, -0.25) is 0 Å². The second-order valence-corrected chi connectivity index (χ2v) is 13.5. The number of hydrogen-bond donors (Lipinski definition) is 0. The molecule has 0 spiro atoms. The largest absolute Gasteiger partial charge is 0.455 e. The van der Waals surface area contributed by atoms with E-state index in [1.54, 1.807) is 11.3 Å². The summed E-state index contributed by atoms with van der Waals surface area (Å²) >= 11 is 1.80. The molecule has 0 amide bonds. The Bertz CT molecular complexity index is 2800. The van der Waals surface area contributed by atoms with Crippen LogP contribution in [0.4, 0.5) is 0 Å². The van der Waals surface area contributed by atoms with Crippen molar-refractivity contribution in [1.82, 2.24) is 15.0 Å². The van der Waals surface area contributed by atoms with Gasteiger partial charge in [-0.25, -0.2) is 15.0 Å². The van der Waals surface area contributed by atoms with Gasteiger partial charge >= 0.3 is 0 Å². The molecule has 3 heterocycles. The Morgan fingerprint density at radius 1 is 0.380 bits per heavy atom. The Balaban J connectivity index is 1.16. The fourth-order valence-electron chi connectivity index (χ4n) is 6.96. The number of nitrogens with zero attached hydrogens (tertiary/aromatic N) is 3. The van der Waals surface area contributed by atoms with Gasteiger partial charge in [-0.15, -0.1) is 11.3 Å². The van der Waals surface area contributed by atoms with Crippen LogP contribution < -0.4 is 0 Å². The second kappa shape index (κ2) is 11.6. The molecule has 0 bridgehead atoms. The van der Waals surface area contributed by atoms with Crippen molar-refractivity contribution in [2.75, 3.05) is 0 Å². The smallest absolute Gasteiger partial charge is 0.164 e. The first-order chi connectivity index (χ1) is 24.8. The van der Waals surface area contributed by atoms with Gasteiger partial charge in [0.05, 0.1) is 0 Å². The van der Waals surface area contributed by atoms with Crippen molar-refractivity contribution in [3.05, 3.63) is 164 Å². The van der Waals surface area contributed by atoms with Crippen LogP contribution in [-0.4, -0.2) is 15.0 Å². The third kappa shape index (κ3) is 4.79. The quantitative estimate of drug-likeness (QED) is 0.185. The van der Waals surface area contributed by atoms with Crippen LogP contribution in [0.5, 0.6) is 0 Å². The van der Waals surface area contributed by atoms with Crippen LogP contribution in [0.1, 0.15) is 0 Å². The fraction of sp³-hybridized carbons (Fsp3) is 0. The maximum Gasteiger partial charge on any atom is 0.164 e. The number of rotatable bonds is 5. The molecule has 0 unspecified atom stereocenters. The number of hydrogen-bond acceptors (Lipinski definition) is 5. The first-order valence-corrected chi connectivity index (χ1v) is 17.4. The summed E-state index contributed by atoms with van der Waals surface area (Å²) in [6.45, 7) is 0. The third-order valence-corrected chi connectivity index (χ3v) is 10.4. The van der Waals surface area contributed by atoms with Crippen molar-refractivity contribution in [2.24, 2.45) is 0 Å². The van der Waals surface area contributed by atoms with Crippen LogP contribution in [0.3, 0.4) is 0 Å². The second-order valence-electron chi connectivity index (χ2n) is 12.4. The van der Waals surface area contributed by atoms with Gasteiger partial charge in [-0.05, 0) is 47.0 Å². The zero-order valence-electron chi connectivity index (χ0n) is 26.7. The van der Waals surface area contributed by atoms with Crippen LogP contribution in [0.2, 0.25) is 0 Å². The molecule has 3 aromatic heterocycles. The number of para-hydroxylation sites is 1. The van der Waals surface area contributed by atoms with Gasteiger partial charge in [-0.2, -0.15) is 0 Å². The van der Waals surface area contributed by atoms with Crippen LogP contribution in [0, 0.1) is 0 Å². The summed E-state index contributed by atoms with van der Waals surface area (Å²) in [5.41, 5.74) is 9.26. The van der Waals surface area contributed by atoms with Crippen LogP contribution in [0.25, 0.3) is 98.5 Å². The maximum atomic E-state index is 6.49. The van der Waals surface area contributed by atoms with E-state index in [4.69, 9.17) is 19.4 Å². The summed E-state index contributed by atoms with van der Waals surface area (Å²) in [4.78, 5) is 14.9. The van der Waals surface area contributed by atoms with Crippen molar-refractivity contribution >= 4 is 53.4 Å². The van der Waals surface area contributed by atoms with E-state index in [1.165, 1.54) is 25.7 Å². The average molecular weight is 658 g/mol. The Kier molecular flexibility index (Phi) is 6.64. The molecular weight excluding hydrogens is 631 g/mol. The van der Waals surface area contributed by atoms with Crippen molar-refractivity contribution in [3.63, 3.8) is 0 Å². The highest BCUT2D eigenvalue weighted by atomic mass is 32.1. The molecule has 0 fully saturated rings. The topological polar surface area (TPSA) is 51.8 Å². The Morgan fingerprint density at radius 2 is 1.00 bits per heavy atom. The predicted molar refractivity (Wildman–Crippen MR) is 207 cm³/mol.